The topological polar surface area (TPSA) is 66.4 Å². The Kier molecular flexibility index (Phi) is 5.73. The van der Waals surface area contributed by atoms with Gasteiger partial charge < -0.3 is 10.4 Å². The van der Waals surface area contributed by atoms with Crippen molar-refractivity contribution in [3.8, 4) is 0 Å². The summed E-state index contributed by atoms with van der Waals surface area (Å²) in [4.78, 5) is 19.5. The highest BCUT2D eigenvalue weighted by molar-refractivity contribution is 5.75. The molecule has 1 heterocycles. The molecule has 0 atom stereocenters. The molecule has 15 heavy (non-hydrogen) atoms. The van der Waals surface area contributed by atoms with Crippen molar-refractivity contribution in [2.45, 2.75) is 31.9 Å². The molecule has 4 nitrogen and oxygen atoms in total. The van der Waals surface area contributed by atoms with Gasteiger partial charge in [-0.25, -0.2) is 4.79 Å². The van der Waals surface area contributed by atoms with Gasteiger partial charge in [0.15, 0.2) is 0 Å². The summed E-state index contributed by atoms with van der Waals surface area (Å²) in [5.74, 6) is -2.53. The molecule has 0 bridgehead atoms. The van der Waals surface area contributed by atoms with Crippen LogP contribution in [0.15, 0.2) is 0 Å². The maximum absolute atomic E-state index is 10.6. The highest BCUT2D eigenvalue weighted by Crippen LogP contribution is 2.13. The van der Waals surface area contributed by atoms with Gasteiger partial charge in [0.2, 0.25) is 5.91 Å². The lowest BCUT2D eigenvalue weighted by Crippen LogP contribution is -2.21. The van der Waals surface area contributed by atoms with Crippen LogP contribution < -0.4 is 5.32 Å². The first-order valence-electron chi connectivity index (χ1n) is 4.41. The van der Waals surface area contributed by atoms with Crippen molar-refractivity contribution in [3.63, 3.8) is 0 Å². The molecule has 1 saturated heterocycles. The van der Waals surface area contributed by atoms with E-state index in [1.807, 2.05) is 0 Å². The van der Waals surface area contributed by atoms with Crippen LogP contribution in [0.25, 0.3) is 0 Å². The third-order valence-electron chi connectivity index (χ3n) is 1.65. The second kappa shape index (κ2) is 6.26. The smallest absolute Gasteiger partial charge is 0.475 e. The number of nitrogens with one attached hydrogen (secondary N) is 1. The Morgan fingerprint density at radius 3 is 2.27 bits per heavy atom. The van der Waals surface area contributed by atoms with Crippen LogP contribution in [0, 0.1) is 0 Å². The third kappa shape index (κ3) is 7.77. The number of carboxylic acid groups (broad SMARTS) is 1. The number of carbonyl (C=O) groups is 2. The summed E-state index contributed by atoms with van der Waals surface area (Å²) in [6.45, 7) is 0.888. The molecule has 0 aromatic heterocycles. The molecule has 1 amide bonds. The fourth-order valence-electron chi connectivity index (χ4n) is 0.904. The Morgan fingerprint density at radius 1 is 1.27 bits per heavy atom. The molecule has 1 aliphatic rings. The SMILES string of the molecule is O=C(O)C(F)(F)F.O=C1CCCCCN1. The summed E-state index contributed by atoms with van der Waals surface area (Å²) in [5, 5.41) is 9.93. The van der Waals surface area contributed by atoms with E-state index in [9.17, 15) is 18.0 Å². The predicted octanol–water partition coefficient (Wildman–Crippen LogP) is 1.31. The molecule has 1 aliphatic heterocycles. The van der Waals surface area contributed by atoms with Gasteiger partial charge in [-0.2, -0.15) is 13.2 Å². The largest absolute Gasteiger partial charge is 0.490 e. The van der Waals surface area contributed by atoms with Crippen LogP contribution in [0.1, 0.15) is 25.7 Å². The van der Waals surface area contributed by atoms with E-state index in [1.165, 1.54) is 6.42 Å². The lowest BCUT2D eigenvalue weighted by molar-refractivity contribution is -0.192. The Bertz CT molecular complexity index is 218. The van der Waals surface area contributed by atoms with Crippen molar-refractivity contribution in [3.05, 3.63) is 0 Å². The van der Waals surface area contributed by atoms with E-state index in [1.54, 1.807) is 0 Å². The summed E-state index contributed by atoms with van der Waals surface area (Å²) < 4.78 is 31.7. The molecular weight excluding hydrogens is 215 g/mol. The fourth-order valence-corrected chi connectivity index (χ4v) is 0.904. The number of rotatable bonds is 0. The summed E-state index contributed by atoms with van der Waals surface area (Å²) in [6, 6.07) is 0. The first-order chi connectivity index (χ1) is 6.84. The van der Waals surface area contributed by atoms with E-state index < -0.39 is 12.1 Å². The number of hydrogen-bond acceptors (Lipinski definition) is 2. The van der Waals surface area contributed by atoms with Gasteiger partial charge in [-0.05, 0) is 12.8 Å². The van der Waals surface area contributed by atoms with E-state index >= 15 is 0 Å². The van der Waals surface area contributed by atoms with Gasteiger partial charge in [0.05, 0.1) is 0 Å². The highest BCUT2D eigenvalue weighted by atomic mass is 19.4. The van der Waals surface area contributed by atoms with Crippen LogP contribution in [-0.4, -0.2) is 29.7 Å². The van der Waals surface area contributed by atoms with Crippen molar-refractivity contribution in [2.24, 2.45) is 0 Å². The third-order valence-corrected chi connectivity index (χ3v) is 1.65. The van der Waals surface area contributed by atoms with E-state index in [0.29, 0.717) is 0 Å². The zero-order valence-electron chi connectivity index (χ0n) is 7.93. The predicted molar refractivity (Wildman–Crippen MR) is 45.2 cm³/mol. The molecule has 1 fully saturated rings. The molecule has 0 aromatic rings. The second-order valence-electron chi connectivity index (χ2n) is 2.96. The minimum Gasteiger partial charge on any atom is -0.475 e. The summed E-state index contributed by atoms with van der Waals surface area (Å²) >= 11 is 0. The average molecular weight is 227 g/mol. The minimum atomic E-state index is -5.08. The molecule has 0 aromatic carbocycles. The van der Waals surface area contributed by atoms with Crippen molar-refractivity contribution in [1.82, 2.24) is 5.32 Å². The summed E-state index contributed by atoms with van der Waals surface area (Å²) in [5.41, 5.74) is 0. The van der Waals surface area contributed by atoms with Crippen LogP contribution >= 0.6 is 0 Å². The number of carboxylic acids is 1. The van der Waals surface area contributed by atoms with Gasteiger partial charge in [-0.15, -0.1) is 0 Å². The molecule has 7 heteroatoms. The van der Waals surface area contributed by atoms with Gasteiger partial charge in [-0.1, -0.05) is 6.42 Å². The summed E-state index contributed by atoms with van der Waals surface area (Å²) in [7, 11) is 0. The number of alkyl halides is 3. The van der Waals surface area contributed by atoms with Crippen LogP contribution in [0.4, 0.5) is 13.2 Å². The lowest BCUT2D eigenvalue weighted by atomic mass is 10.2. The number of hydrogen-bond donors (Lipinski definition) is 2. The molecule has 0 spiro atoms. The molecule has 0 saturated carbocycles. The number of aliphatic carboxylic acids is 1. The number of halogens is 3. The first-order valence-corrected chi connectivity index (χ1v) is 4.41. The van der Waals surface area contributed by atoms with E-state index in [2.05, 4.69) is 5.32 Å². The Balaban J connectivity index is 0.000000265. The van der Waals surface area contributed by atoms with Crippen molar-refractivity contribution >= 4 is 11.9 Å². The Hall–Kier alpha value is -1.27. The molecule has 1 rings (SSSR count). The highest BCUT2D eigenvalue weighted by Gasteiger charge is 2.38. The summed E-state index contributed by atoms with van der Waals surface area (Å²) in [6.07, 6.45) is -0.906. The van der Waals surface area contributed by atoms with Gasteiger partial charge in [-0.3, -0.25) is 4.79 Å². The molecule has 88 valence electrons. The normalized spacial score (nSPS) is 16.9. The molecule has 0 unspecified atom stereocenters. The minimum absolute atomic E-state index is 0.225. The number of amides is 1. The van der Waals surface area contributed by atoms with Gasteiger partial charge >= 0.3 is 12.1 Å². The average Bonchev–Trinajstić information content (AvgIpc) is 2.32. The van der Waals surface area contributed by atoms with Crippen molar-refractivity contribution in [1.29, 1.82) is 0 Å². The van der Waals surface area contributed by atoms with E-state index in [4.69, 9.17) is 9.90 Å². The van der Waals surface area contributed by atoms with Crippen LogP contribution in [0.5, 0.6) is 0 Å². The standard InChI is InChI=1S/C6H11NO.C2HF3O2/c8-6-4-2-1-3-5-7-6;3-2(4,5)1(6)7/h1-5H2,(H,7,8);(H,6,7). The zero-order valence-corrected chi connectivity index (χ0v) is 7.93. The number of carbonyl (C=O) groups excluding carboxylic acids is 1. The zero-order chi connectivity index (χ0) is 11.9. The second-order valence-corrected chi connectivity index (χ2v) is 2.96. The Labute approximate surface area is 84.5 Å². The van der Waals surface area contributed by atoms with Gasteiger partial charge in [0.1, 0.15) is 0 Å². The molecule has 0 radical (unpaired) electrons. The fraction of sp³-hybridized carbons (Fsp3) is 0.750. The van der Waals surface area contributed by atoms with Crippen LogP contribution in [-0.2, 0) is 9.59 Å². The molecule has 2 N–H and O–H groups in total. The van der Waals surface area contributed by atoms with Gasteiger partial charge in [0, 0.05) is 13.0 Å². The van der Waals surface area contributed by atoms with E-state index in [-0.39, 0.29) is 5.91 Å². The van der Waals surface area contributed by atoms with Crippen LogP contribution in [0.2, 0.25) is 0 Å². The maximum atomic E-state index is 10.6. The van der Waals surface area contributed by atoms with E-state index in [0.717, 1.165) is 25.8 Å². The lowest BCUT2D eigenvalue weighted by Gasteiger charge is -1.93. The molecular formula is C8H12F3NO3. The van der Waals surface area contributed by atoms with Gasteiger partial charge in [0.25, 0.3) is 0 Å². The quantitative estimate of drug-likeness (QED) is 0.655. The maximum Gasteiger partial charge on any atom is 0.490 e. The molecule has 0 aliphatic carbocycles. The Morgan fingerprint density at radius 2 is 1.80 bits per heavy atom. The first kappa shape index (κ1) is 13.7. The monoisotopic (exact) mass is 227 g/mol. The van der Waals surface area contributed by atoms with Crippen LogP contribution in [0.3, 0.4) is 0 Å². The van der Waals surface area contributed by atoms with Crippen molar-refractivity contribution < 1.29 is 27.9 Å². The van der Waals surface area contributed by atoms with Crippen molar-refractivity contribution in [2.75, 3.05) is 6.54 Å².